The van der Waals surface area contributed by atoms with Gasteiger partial charge in [-0.3, -0.25) is 0 Å². The van der Waals surface area contributed by atoms with E-state index in [4.69, 9.17) is 10.00 Å². The summed E-state index contributed by atoms with van der Waals surface area (Å²) < 4.78 is 7.25. The number of ether oxygens (including phenoxy) is 1. The van der Waals surface area contributed by atoms with E-state index in [0.717, 1.165) is 33.9 Å². The highest BCUT2D eigenvalue weighted by Crippen LogP contribution is 2.28. The quantitative estimate of drug-likeness (QED) is 0.720. The largest absolute Gasteiger partial charge is 0.496 e. The zero-order valence-electron chi connectivity index (χ0n) is 12.2. The molecule has 0 saturated carbocycles. The van der Waals surface area contributed by atoms with Crippen LogP contribution >= 0.6 is 0 Å². The van der Waals surface area contributed by atoms with Crippen molar-refractivity contribution in [3.8, 4) is 23.1 Å². The highest BCUT2D eigenvalue weighted by Gasteiger charge is 2.12. The van der Waals surface area contributed by atoms with Crippen LogP contribution < -0.4 is 4.74 Å². The molecule has 21 heavy (non-hydrogen) atoms. The van der Waals surface area contributed by atoms with E-state index in [0.29, 0.717) is 5.56 Å². The smallest absolute Gasteiger partial charge is 0.137 e. The minimum atomic E-state index is 0.625. The van der Waals surface area contributed by atoms with Crippen molar-refractivity contribution in [1.82, 2.24) is 9.38 Å². The van der Waals surface area contributed by atoms with Crippen LogP contribution in [-0.4, -0.2) is 16.5 Å². The van der Waals surface area contributed by atoms with Gasteiger partial charge in [0.1, 0.15) is 17.5 Å². The van der Waals surface area contributed by atoms with E-state index in [1.807, 2.05) is 42.6 Å². The third-order valence-electron chi connectivity index (χ3n) is 3.65. The highest BCUT2D eigenvalue weighted by atomic mass is 16.5. The maximum atomic E-state index is 9.01. The molecule has 2 aromatic heterocycles. The summed E-state index contributed by atoms with van der Waals surface area (Å²) in [5.41, 5.74) is 5.54. The number of pyridine rings is 1. The predicted molar refractivity (Wildman–Crippen MR) is 81.4 cm³/mol. The van der Waals surface area contributed by atoms with Crippen molar-refractivity contribution in [1.29, 1.82) is 5.26 Å². The van der Waals surface area contributed by atoms with Crippen molar-refractivity contribution >= 4 is 5.65 Å². The lowest BCUT2D eigenvalue weighted by Crippen LogP contribution is -1.90. The van der Waals surface area contributed by atoms with Crippen molar-refractivity contribution < 1.29 is 4.74 Å². The van der Waals surface area contributed by atoms with Crippen LogP contribution in [0.25, 0.3) is 16.9 Å². The number of nitriles is 1. The first-order chi connectivity index (χ1) is 10.1. The molecular formula is C17H15N3O. The third-order valence-corrected chi connectivity index (χ3v) is 3.65. The molecule has 4 heteroatoms. The van der Waals surface area contributed by atoms with Crippen LogP contribution in [0.4, 0.5) is 0 Å². The Kier molecular flexibility index (Phi) is 3.11. The van der Waals surface area contributed by atoms with Crippen molar-refractivity contribution in [2.24, 2.45) is 0 Å². The zero-order chi connectivity index (χ0) is 15.0. The van der Waals surface area contributed by atoms with Gasteiger partial charge in [-0.25, -0.2) is 4.98 Å². The Balaban J connectivity index is 2.19. The fraction of sp³-hybridized carbons (Fsp3) is 0.176. The Morgan fingerprint density at radius 3 is 2.67 bits per heavy atom. The van der Waals surface area contributed by atoms with Gasteiger partial charge in [0.2, 0.25) is 0 Å². The monoisotopic (exact) mass is 277 g/mol. The molecule has 0 aliphatic rings. The molecule has 3 aromatic rings. The van der Waals surface area contributed by atoms with Crippen LogP contribution in [0.5, 0.6) is 5.75 Å². The van der Waals surface area contributed by atoms with Gasteiger partial charge in [-0.05, 0) is 49.7 Å². The summed E-state index contributed by atoms with van der Waals surface area (Å²) >= 11 is 0. The predicted octanol–water partition coefficient (Wildman–Crippen LogP) is 3.50. The Labute approximate surface area is 123 Å². The Hall–Kier alpha value is -2.80. The van der Waals surface area contributed by atoms with Gasteiger partial charge in [0, 0.05) is 17.5 Å². The summed E-state index contributed by atoms with van der Waals surface area (Å²) in [7, 11) is 1.67. The summed E-state index contributed by atoms with van der Waals surface area (Å²) in [6.45, 7) is 4.03. The number of methoxy groups -OCH3 is 1. The molecule has 0 N–H and O–H groups in total. The number of aromatic nitrogens is 2. The standard InChI is InChI=1S/C17H15N3O/c1-11-8-14(5-6-15(11)21-3)17-12(2)20-10-13(9-18)4-7-16(20)19-17/h4-8,10H,1-3H3. The fourth-order valence-electron chi connectivity index (χ4n) is 2.53. The first-order valence-electron chi connectivity index (χ1n) is 6.68. The van der Waals surface area contributed by atoms with Crippen LogP contribution in [0.1, 0.15) is 16.8 Å². The Morgan fingerprint density at radius 2 is 2.00 bits per heavy atom. The third kappa shape index (κ3) is 2.13. The van der Waals surface area contributed by atoms with E-state index in [2.05, 4.69) is 17.1 Å². The second kappa shape index (κ2) is 4.95. The first-order valence-corrected chi connectivity index (χ1v) is 6.68. The number of hydrogen-bond donors (Lipinski definition) is 0. The van der Waals surface area contributed by atoms with Crippen molar-refractivity contribution in [3.05, 3.63) is 53.3 Å². The fourth-order valence-corrected chi connectivity index (χ4v) is 2.53. The number of hydrogen-bond acceptors (Lipinski definition) is 3. The summed E-state index contributed by atoms with van der Waals surface area (Å²) in [6.07, 6.45) is 1.82. The molecule has 0 fully saturated rings. The lowest BCUT2D eigenvalue weighted by molar-refractivity contribution is 0.412. The average molecular weight is 277 g/mol. The Bertz CT molecular complexity index is 872. The van der Waals surface area contributed by atoms with Crippen LogP contribution in [0, 0.1) is 25.2 Å². The van der Waals surface area contributed by atoms with E-state index in [9.17, 15) is 0 Å². The van der Waals surface area contributed by atoms with Gasteiger partial charge in [-0.15, -0.1) is 0 Å². The van der Waals surface area contributed by atoms with Gasteiger partial charge in [0.05, 0.1) is 18.4 Å². The Morgan fingerprint density at radius 1 is 1.19 bits per heavy atom. The second-order valence-corrected chi connectivity index (χ2v) is 4.99. The van der Waals surface area contributed by atoms with Gasteiger partial charge < -0.3 is 9.14 Å². The molecule has 0 atom stereocenters. The molecule has 1 aromatic carbocycles. The van der Waals surface area contributed by atoms with Gasteiger partial charge in [0.25, 0.3) is 0 Å². The number of aryl methyl sites for hydroxylation is 2. The normalized spacial score (nSPS) is 10.6. The minimum absolute atomic E-state index is 0.625. The molecule has 0 bridgehead atoms. The molecule has 0 radical (unpaired) electrons. The van der Waals surface area contributed by atoms with E-state index in [-0.39, 0.29) is 0 Å². The van der Waals surface area contributed by atoms with Crippen LogP contribution in [0.3, 0.4) is 0 Å². The van der Waals surface area contributed by atoms with Crippen LogP contribution in [-0.2, 0) is 0 Å². The van der Waals surface area contributed by atoms with Crippen molar-refractivity contribution in [2.45, 2.75) is 13.8 Å². The molecule has 0 aliphatic carbocycles. The molecule has 0 amide bonds. The SMILES string of the molecule is COc1ccc(-c2nc3ccc(C#N)cn3c2C)cc1C. The highest BCUT2D eigenvalue weighted by molar-refractivity contribution is 5.68. The van der Waals surface area contributed by atoms with Gasteiger partial charge in [0.15, 0.2) is 0 Å². The second-order valence-electron chi connectivity index (χ2n) is 4.99. The minimum Gasteiger partial charge on any atom is -0.496 e. The molecule has 104 valence electrons. The molecule has 0 unspecified atom stereocenters. The van der Waals surface area contributed by atoms with E-state index >= 15 is 0 Å². The molecular weight excluding hydrogens is 262 g/mol. The number of imidazole rings is 1. The average Bonchev–Trinajstić information content (AvgIpc) is 2.83. The summed E-state index contributed by atoms with van der Waals surface area (Å²) in [5.74, 6) is 0.868. The lowest BCUT2D eigenvalue weighted by atomic mass is 10.1. The van der Waals surface area contributed by atoms with Gasteiger partial charge >= 0.3 is 0 Å². The van der Waals surface area contributed by atoms with E-state index < -0.39 is 0 Å². The van der Waals surface area contributed by atoms with Crippen LogP contribution in [0.2, 0.25) is 0 Å². The van der Waals surface area contributed by atoms with E-state index in [1.54, 1.807) is 13.2 Å². The van der Waals surface area contributed by atoms with Crippen molar-refractivity contribution in [2.75, 3.05) is 7.11 Å². The topological polar surface area (TPSA) is 50.3 Å². The number of fused-ring (bicyclic) bond motifs is 1. The van der Waals surface area contributed by atoms with E-state index in [1.165, 1.54) is 0 Å². The maximum Gasteiger partial charge on any atom is 0.137 e. The lowest BCUT2D eigenvalue weighted by Gasteiger charge is -2.06. The number of nitrogens with zero attached hydrogens (tertiary/aromatic N) is 3. The number of benzene rings is 1. The summed E-state index contributed by atoms with van der Waals surface area (Å²) in [4.78, 5) is 4.67. The van der Waals surface area contributed by atoms with Gasteiger partial charge in [-0.1, -0.05) is 0 Å². The molecule has 0 spiro atoms. The summed E-state index contributed by atoms with van der Waals surface area (Å²) in [5, 5.41) is 9.01. The molecule has 3 rings (SSSR count). The van der Waals surface area contributed by atoms with Gasteiger partial charge in [-0.2, -0.15) is 5.26 Å². The molecule has 0 aliphatic heterocycles. The maximum absolute atomic E-state index is 9.01. The number of rotatable bonds is 2. The summed E-state index contributed by atoms with van der Waals surface area (Å²) in [6, 6.07) is 11.8. The molecule has 2 heterocycles. The van der Waals surface area contributed by atoms with Crippen molar-refractivity contribution in [3.63, 3.8) is 0 Å². The molecule has 4 nitrogen and oxygen atoms in total. The van der Waals surface area contributed by atoms with Crippen LogP contribution in [0.15, 0.2) is 36.5 Å². The first kappa shape index (κ1) is 13.2. The molecule has 0 saturated heterocycles. The zero-order valence-corrected chi connectivity index (χ0v) is 12.2.